The van der Waals surface area contributed by atoms with E-state index in [1.807, 2.05) is 19.4 Å². The number of fused-ring (bicyclic) bond motifs is 5. The molecule has 5 rings (SSSR count). The molecule has 0 spiro atoms. The number of carbonyl (C=O) groups excluding carboxylic acids is 1. The lowest BCUT2D eigenvalue weighted by Gasteiger charge is -2.36. The zero-order valence-corrected chi connectivity index (χ0v) is 13.1. The molecule has 1 aromatic heterocycles. The Morgan fingerprint density at radius 1 is 1.32 bits per heavy atom. The maximum atomic E-state index is 13.2. The summed E-state index contributed by atoms with van der Waals surface area (Å²) in [6.45, 7) is 2.55. The molecule has 5 nitrogen and oxygen atoms in total. The van der Waals surface area contributed by atoms with E-state index in [9.17, 15) is 4.79 Å². The number of nitrogens with zero attached hydrogens (tertiary/aromatic N) is 3. The van der Waals surface area contributed by atoms with Gasteiger partial charge < -0.3 is 14.8 Å². The van der Waals surface area contributed by atoms with E-state index in [1.54, 1.807) is 0 Å². The SMILES string of the molecule is Cn1ccnc1C1CNCCN1C(=O)C1C2C3CCC(C3)C12. The first-order chi connectivity index (χ1) is 10.8. The maximum Gasteiger partial charge on any atom is 0.226 e. The van der Waals surface area contributed by atoms with Crippen LogP contribution in [0.2, 0.25) is 0 Å². The topological polar surface area (TPSA) is 50.2 Å². The molecule has 1 saturated heterocycles. The number of amides is 1. The molecule has 2 bridgehead atoms. The van der Waals surface area contributed by atoms with Gasteiger partial charge in [0.2, 0.25) is 5.91 Å². The maximum absolute atomic E-state index is 13.2. The van der Waals surface area contributed by atoms with Gasteiger partial charge >= 0.3 is 0 Å². The summed E-state index contributed by atoms with van der Waals surface area (Å²) >= 11 is 0. The van der Waals surface area contributed by atoms with Crippen LogP contribution < -0.4 is 5.32 Å². The number of carbonyl (C=O) groups is 1. The molecule has 5 atom stereocenters. The van der Waals surface area contributed by atoms with E-state index in [2.05, 4.69) is 19.8 Å². The third-order valence-corrected chi connectivity index (χ3v) is 6.70. The van der Waals surface area contributed by atoms with Crippen molar-refractivity contribution in [1.82, 2.24) is 19.8 Å². The van der Waals surface area contributed by atoms with Crippen LogP contribution in [0.5, 0.6) is 0 Å². The zero-order valence-electron chi connectivity index (χ0n) is 13.1. The van der Waals surface area contributed by atoms with Crippen molar-refractivity contribution in [2.75, 3.05) is 19.6 Å². The number of aromatic nitrogens is 2. The molecule has 0 aromatic carbocycles. The summed E-state index contributed by atoms with van der Waals surface area (Å²) in [6, 6.07) is 0.0974. The number of rotatable bonds is 2. The van der Waals surface area contributed by atoms with Crippen LogP contribution >= 0.6 is 0 Å². The summed E-state index contributed by atoms with van der Waals surface area (Å²) in [5, 5.41) is 3.43. The summed E-state index contributed by atoms with van der Waals surface area (Å²) in [7, 11) is 2.02. The molecule has 1 N–H and O–H groups in total. The van der Waals surface area contributed by atoms with Crippen molar-refractivity contribution in [1.29, 1.82) is 0 Å². The highest BCUT2D eigenvalue weighted by Crippen LogP contribution is 2.69. The third-order valence-electron chi connectivity index (χ3n) is 6.70. The van der Waals surface area contributed by atoms with Crippen LogP contribution in [0.4, 0.5) is 0 Å². The minimum Gasteiger partial charge on any atom is -0.336 e. The van der Waals surface area contributed by atoms with Crippen LogP contribution in [0.1, 0.15) is 31.1 Å². The largest absolute Gasteiger partial charge is 0.336 e. The predicted octanol–water partition coefficient (Wildman–Crippen LogP) is 1.19. The van der Waals surface area contributed by atoms with E-state index in [1.165, 1.54) is 19.3 Å². The fraction of sp³-hybridized carbons (Fsp3) is 0.765. The van der Waals surface area contributed by atoms with E-state index < -0.39 is 0 Å². The van der Waals surface area contributed by atoms with Crippen LogP contribution in [-0.4, -0.2) is 40.0 Å². The Morgan fingerprint density at radius 3 is 2.77 bits per heavy atom. The molecule has 5 heteroatoms. The fourth-order valence-corrected chi connectivity index (χ4v) is 5.74. The van der Waals surface area contributed by atoms with Crippen molar-refractivity contribution in [3.8, 4) is 0 Å². The Bertz CT molecular complexity index is 596. The summed E-state index contributed by atoms with van der Waals surface area (Å²) in [5.41, 5.74) is 0. The van der Waals surface area contributed by atoms with Gasteiger partial charge in [-0.3, -0.25) is 4.79 Å². The van der Waals surface area contributed by atoms with Crippen LogP contribution in [0.25, 0.3) is 0 Å². The second-order valence-corrected chi connectivity index (χ2v) is 7.66. The van der Waals surface area contributed by atoms with Crippen molar-refractivity contribution in [3.63, 3.8) is 0 Å². The minimum atomic E-state index is 0.0974. The van der Waals surface area contributed by atoms with Gasteiger partial charge in [0.15, 0.2) is 0 Å². The average molecular weight is 300 g/mol. The molecule has 22 heavy (non-hydrogen) atoms. The van der Waals surface area contributed by atoms with Crippen molar-refractivity contribution in [3.05, 3.63) is 18.2 Å². The van der Waals surface area contributed by atoms with E-state index in [-0.39, 0.29) is 6.04 Å². The highest BCUT2D eigenvalue weighted by molar-refractivity contribution is 5.83. The smallest absolute Gasteiger partial charge is 0.226 e. The van der Waals surface area contributed by atoms with Crippen LogP contribution in [0.3, 0.4) is 0 Å². The fourth-order valence-electron chi connectivity index (χ4n) is 5.74. The highest BCUT2D eigenvalue weighted by Gasteiger charge is 2.68. The molecule has 4 aliphatic rings. The van der Waals surface area contributed by atoms with Gasteiger partial charge in [0, 0.05) is 45.0 Å². The molecular formula is C17H24N4O. The van der Waals surface area contributed by atoms with Gasteiger partial charge in [0.25, 0.3) is 0 Å². The van der Waals surface area contributed by atoms with Gasteiger partial charge in [-0.15, -0.1) is 0 Å². The number of piperazine rings is 1. The summed E-state index contributed by atoms with van der Waals surface area (Å²) in [6.07, 6.45) is 7.96. The Hall–Kier alpha value is -1.36. The molecule has 4 fully saturated rings. The second-order valence-electron chi connectivity index (χ2n) is 7.66. The summed E-state index contributed by atoms with van der Waals surface area (Å²) in [5.74, 6) is 4.94. The lowest BCUT2D eigenvalue weighted by Crippen LogP contribution is -2.50. The molecule has 1 aliphatic heterocycles. The monoisotopic (exact) mass is 300 g/mol. The van der Waals surface area contributed by atoms with E-state index in [4.69, 9.17) is 0 Å². The Labute approximate surface area is 131 Å². The molecule has 1 aromatic rings. The van der Waals surface area contributed by atoms with Crippen molar-refractivity contribution >= 4 is 5.91 Å². The van der Waals surface area contributed by atoms with Gasteiger partial charge in [-0.2, -0.15) is 0 Å². The van der Waals surface area contributed by atoms with Gasteiger partial charge in [0.05, 0.1) is 0 Å². The van der Waals surface area contributed by atoms with Crippen molar-refractivity contribution < 1.29 is 4.79 Å². The van der Waals surface area contributed by atoms with Crippen LogP contribution in [-0.2, 0) is 11.8 Å². The van der Waals surface area contributed by atoms with Gasteiger partial charge in [-0.25, -0.2) is 4.98 Å². The normalized spacial score (nSPS) is 42.5. The Kier molecular flexibility index (Phi) is 2.72. The lowest BCUT2D eigenvalue weighted by molar-refractivity contribution is -0.137. The predicted molar refractivity (Wildman–Crippen MR) is 81.8 cm³/mol. The average Bonchev–Trinajstić information content (AvgIpc) is 2.87. The first-order valence-electron chi connectivity index (χ1n) is 8.74. The molecule has 3 saturated carbocycles. The summed E-state index contributed by atoms with van der Waals surface area (Å²) < 4.78 is 2.05. The molecule has 0 radical (unpaired) electrons. The van der Waals surface area contributed by atoms with Gasteiger partial charge in [0.1, 0.15) is 11.9 Å². The highest BCUT2D eigenvalue weighted by atomic mass is 16.2. The Balaban J connectivity index is 1.39. The first-order valence-corrected chi connectivity index (χ1v) is 8.74. The molecule has 1 amide bonds. The van der Waals surface area contributed by atoms with Crippen LogP contribution in [0, 0.1) is 29.6 Å². The van der Waals surface area contributed by atoms with E-state index >= 15 is 0 Å². The van der Waals surface area contributed by atoms with Gasteiger partial charge in [-0.1, -0.05) is 0 Å². The molecular weight excluding hydrogens is 276 g/mol. The third kappa shape index (κ3) is 1.69. The van der Waals surface area contributed by atoms with Crippen molar-refractivity contribution in [2.45, 2.75) is 25.3 Å². The lowest BCUT2D eigenvalue weighted by atomic mass is 10.0. The number of hydrogen-bond donors (Lipinski definition) is 1. The number of imidazole rings is 1. The van der Waals surface area contributed by atoms with Crippen LogP contribution in [0.15, 0.2) is 12.4 Å². The van der Waals surface area contributed by atoms with E-state index in [0.717, 1.165) is 49.1 Å². The molecule has 5 unspecified atom stereocenters. The number of aryl methyl sites for hydroxylation is 1. The first kappa shape index (κ1) is 13.1. The summed E-state index contributed by atoms with van der Waals surface area (Å²) in [4.78, 5) is 19.8. The number of hydrogen-bond acceptors (Lipinski definition) is 3. The molecule has 2 heterocycles. The molecule has 118 valence electrons. The second kappa shape index (κ2) is 4.57. The zero-order chi connectivity index (χ0) is 14.8. The van der Waals surface area contributed by atoms with E-state index in [0.29, 0.717) is 11.8 Å². The Morgan fingerprint density at radius 2 is 2.09 bits per heavy atom. The standard InChI is InChI=1S/C17H24N4O/c1-20-6-5-19-16(20)12-9-18-4-7-21(12)17(22)15-13-10-2-3-11(8-10)14(13)15/h5-6,10-15,18H,2-4,7-9H2,1H3. The molecule has 3 aliphatic carbocycles. The quantitative estimate of drug-likeness (QED) is 0.892. The van der Waals surface area contributed by atoms with Crippen molar-refractivity contribution in [2.24, 2.45) is 36.6 Å². The minimum absolute atomic E-state index is 0.0974. The number of nitrogens with one attached hydrogen (secondary N) is 1. The van der Waals surface area contributed by atoms with Gasteiger partial charge in [-0.05, 0) is 42.9 Å².